The Bertz CT molecular complexity index is 110. The number of nitrogens with two attached hydrogens (primary N) is 2. The van der Waals surface area contributed by atoms with Gasteiger partial charge in [0.2, 0.25) is 0 Å². The molecule has 0 spiro atoms. The molecule has 6 N–H and O–H groups in total. The molecule has 0 unspecified atom stereocenters. The SMILES string of the molecule is CC[C@](N)(NN)C(=O)O. The molecule has 1 atom stereocenters. The molecule has 0 fully saturated rings. The zero-order valence-electron chi connectivity index (χ0n) is 5.22. The molecule has 0 aromatic rings. The molecule has 0 saturated carbocycles. The van der Waals surface area contributed by atoms with E-state index in [4.69, 9.17) is 16.7 Å². The quantitative estimate of drug-likeness (QED) is 0.215. The van der Waals surface area contributed by atoms with Gasteiger partial charge in [-0.3, -0.25) is 5.84 Å². The third kappa shape index (κ3) is 1.63. The average molecular weight is 133 g/mol. The number of rotatable bonds is 3. The zero-order chi connectivity index (χ0) is 7.49. The average Bonchev–Trinajstić information content (AvgIpc) is 1.86. The van der Waals surface area contributed by atoms with Crippen LogP contribution in [0, 0.1) is 0 Å². The lowest BCUT2D eigenvalue weighted by atomic mass is 10.1. The van der Waals surface area contributed by atoms with Crippen molar-refractivity contribution in [2.75, 3.05) is 0 Å². The van der Waals surface area contributed by atoms with Gasteiger partial charge in [0.15, 0.2) is 5.66 Å². The van der Waals surface area contributed by atoms with Gasteiger partial charge in [0.05, 0.1) is 0 Å². The van der Waals surface area contributed by atoms with Gasteiger partial charge >= 0.3 is 5.97 Å². The van der Waals surface area contributed by atoms with Crippen molar-refractivity contribution in [2.24, 2.45) is 11.6 Å². The Morgan fingerprint density at radius 2 is 2.33 bits per heavy atom. The molecule has 0 radical (unpaired) electrons. The first-order chi connectivity index (χ1) is 4.06. The maximum atomic E-state index is 10.2. The van der Waals surface area contributed by atoms with Crippen LogP contribution in [0.5, 0.6) is 0 Å². The van der Waals surface area contributed by atoms with Gasteiger partial charge < -0.3 is 10.8 Å². The molecule has 0 bridgehead atoms. The molecule has 0 aromatic carbocycles. The molecule has 54 valence electrons. The minimum absolute atomic E-state index is 0.249. The zero-order valence-corrected chi connectivity index (χ0v) is 5.22. The van der Waals surface area contributed by atoms with Crippen LogP contribution < -0.4 is 17.0 Å². The topological polar surface area (TPSA) is 101 Å². The summed E-state index contributed by atoms with van der Waals surface area (Å²) in [6, 6.07) is 0. The van der Waals surface area contributed by atoms with E-state index in [2.05, 4.69) is 0 Å². The minimum atomic E-state index is -1.47. The summed E-state index contributed by atoms with van der Waals surface area (Å²) >= 11 is 0. The predicted molar refractivity (Wildman–Crippen MR) is 32.2 cm³/mol. The van der Waals surface area contributed by atoms with E-state index in [9.17, 15) is 4.79 Å². The number of hydrogen-bond donors (Lipinski definition) is 4. The Labute approximate surface area is 53.0 Å². The molecule has 9 heavy (non-hydrogen) atoms. The molecule has 5 heteroatoms. The predicted octanol–water partition coefficient (Wildman–Crippen LogP) is -1.40. The normalized spacial score (nSPS) is 16.8. The summed E-state index contributed by atoms with van der Waals surface area (Å²) in [6.07, 6.45) is 0.249. The second-order valence-electron chi connectivity index (χ2n) is 1.77. The van der Waals surface area contributed by atoms with Crippen LogP contribution in [-0.2, 0) is 4.79 Å². The maximum Gasteiger partial charge on any atom is 0.339 e. The van der Waals surface area contributed by atoms with Crippen LogP contribution in [-0.4, -0.2) is 16.7 Å². The largest absolute Gasteiger partial charge is 0.479 e. The molecule has 0 aromatic heterocycles. The second-order valence-corrected chi connectivity index (χ2v) is 1.77. The lowest BCUT2D eigenvalue weighted by molar-refractivity contribution is -0.144. The molecule has 0 aliphatic rings. The van der Waals surface area contributed by atoms with E-state index in [0.717, 1.165) is 0 Å². The summed E-state index contributed by atoms with van der Waals surface area (Å²) in [5.74, 6) is 3.72. The number of aliphatic carboxylic acids is 1. The fourth-order valence-electron chi connectivity index (χ4n) is 0.315. The Morgan fingerprint density at radius 1 is 1.89 bits per heavy atom. The Hall–Kier alpha value is -0.650. The van der Waals surface area contributed by atoms with Crippen molar-refractivity contribution < 1.29 is 9.90 Å². The second kappa shape index (κ2) is 2.77. The van der Waals surface area contributed by atoms with E-state index in [1.54, 1.807) is 6.92 Å². The van der Waals surface area contributed by atoms with Gasteiger partial charge in [-0.05, 0) is 6.42 Å². The highest BCUT2D eigenvalue weighted by molar-refractivity contribution is 5.77. The van der Waals surface area contributed by atoms with Crippen LogP contribution in [0.3, 0.4) is 0 Å². The molecular weight excluding hydrogens is 122 g/mol. The summed E-state index contributed by atoms with van der Waals surface area (Å²) in [6.45, 7) is 1.63. The van der Waals surface area contributed by atoms with E-state index in [0.29, 0.717) is 0 Å². The highest BCUT2D eigenvalue weighted by atomic mass is 16.4. The van der Waals surface area contributed by atoms with Crippen LogP contribution >= 0.6 is 0 Å². The number of nitrogens with one attached hydrogen (secondary N) is 1. The first kappa shape index (κ1) is 8.35. The Balaban J connectivity index is 4.09. The van der Waals surface area contributed by atoms with E-state index in [1.165, 1.54) is 0 Å². The van der Waals surface area contributed by atoms with Gasteiger partial charge in [0, 0.05) is 0 Å². The number of carboxylic acids is 1. The molecule has 0 aliphatic heterocycles. The van der Waals surface area contributed by atoms with Crippen LogP contribution in [0.15, 0.2) is 0 Å². The summed E-state index contributed by atoms with van der Waals surface area (Å²) < 4.78 is 0. The Kier molecular flexibility index (Phi) is 2.57. The van der Waals surface area contributed by atoms with Crippen LogP contribution in [0.2, 0.25) is 0 Å². The van der Waals surface area contributed by atoms with Crippen molar-refractivity contribution in [3.8, 4) is 0 Å². The summed E-state index contributed by atoms with van der Waals surface area (Å²) in [7, 11) is 0. The van der Waals surface area contributed by atoms with E-state index >= 15 is 0 Å². The van der Waals surface area contributed by atoms with E-state index in [1.807, 2.05) is 5.43 Å². The standard InChI is InChI=1S/C4H11N3O2/c1-2-4(5,7-6)3(8)9/h7H,2,5-6H2,1H3,(H,8,9)/t4-/m0/s1. The van der Waals surface area contributed by atoms with Crippen molar-refractivity contribution in [2.45, 2.75) is 19.0 Å². The smallest absolute Gasteiger partial charge is 0.339 e. The third-order valence-corrected chi connectivity index (χ3v) is 1.20. The van der Waals surface area contributed by atoms with E-state index in [-0.39, 0.29) is 6.42 Å². The first-order valence-corrected chi connectivity index (χ1v) is 2.57. The van der Waals surface area contributed by atoms with Crippen molar-refractivity contribution in [3.05, 3.63) is 0 Å². The summed E-state index contributed by atoms with van der Waals surface area (Å²) in [4.78, 5) is 10.2. The number of hydrazine groups is 1. The number of carbonyl (C=O) groups is 1. The molecule has 0 aliphatic carbocycles. The molecule has 0 heterocycles. The summed E-state index contributed by atoms with van der Waals surface area (Å²) in [5.41, 5.74) is 5.74. The van der Waals surface area contributed by atoms with Gasteiger partial charge in [0.25, 0.3) is 0 Å². The molecular formula is C4H11N3O2. The van der Waals surface area contributed by atoms with Gasteiger partial charge in [-0.15, -0.1) is 0 Å². The minimum Gasteiger partial charge on any atom is -0.479 e. The van der Waals surface area contributed by atoms with Gasteiger partial charge in [0.1, 0.15) is 0 Å². The third-order valence-electron chi connectivity index (χ3n) is 1.20. The Morgan fingerprint density at radius 3 is 2.33 bits per heavy atom. The summed E-state index contributed by atoms with van der Waals surface area (Å²) in [5, 5.41) is 8.36. The maximum absolute atomic E-state index is 10.2. The van der Waals surface area contributed by atoms with Gasteiger partial charge in [-0.2, -0.15) is 0 Å². The van der Waals surface area contributed by atoms with Crippen LogP contribution in [0.4, 0.5) is 0 Å². The molecule has 5 nitrogen and oxygen atoms in total. The van der Waals surface area contributed by atoms with E-state index < -0.39 is 11.6 Å². The monoisotopic (exact) mass is 133 g/mol. The van der Waals surface area contributed by atoms with Crippen molar-refractivity contribution >= 4 is 5.97 Å². The fourth-order valence-corrected chi connectivity index (χ4v) is 0.315. The lowest BCUT2D eigenvalue weighted by Gasteiger charge is -2.20. The molecule has 0 rings (SSSR count). The lowest BCUT2D eigenvalue weighted by Crippen LogP contribution is -2.61. The van der Waals surface area contributed by atoms with Gasteiger partial charge in [-0.1, -0.05) is 6.92 Å². The number of carboxylic acid groups (broad SMARTS) is 1. The fraction of sp³-hybridized carbons (Fsp3) is 0.750. The van der Waals surface area contributed by atoms with Crippen LogP contribution in [0.1, 0.15) is 13.3 Å². The van der Waals surface area contributed by atoms with Crippen LogP contribution in [0.25, 0.3) is 0 Å². The number of hydrogen-bond acceptors (Lipinski definition) is 4. The van der Waals surface area contributed by atoms with Crippen molar-refractivity contribution in [3.63, 3.8) is 0 Å². The first-order valence-electron chi connectivity index (χ1n) is 2.57. The van der Waals surface area contributed by atoms with Crippen molar-refractivity contribution in [1.29, 1.82) is 0 Å². The highest BCUT2D eigenvalue weighted by Crippen LogP contribution is 1.98. The highest BCUT2D eigenvalue weighted by Gasteiger charge is 2.29. The van der Waals surface area contributed by atoms with Gasteiger partial charge in [-0.25, -0.2) is 10.2 Å². The molecule has 0 amide bonds. The molecule has 0 saturated heterocycles. The van der Waals surface area contributed by atoms with Crippen molar-refractivity contribution in [1.82, 2.24) is 5.43 Å².